The molecule has 27 heavy (non-hydrogen) atoms. The van der Waals surface area contributed by atoms with E-state index < -0.39 is 0 Å². The van der Waals surface area contributed by atoms with Gasteiger partial charge in [-0.1, -0.05) is 18.2 Å². The van der Waals surface area contributed by atoms with Gasteiger partial charge in [0.15, 0.2) is 5.82 Å². The number of ether oxygens (including phenoxy) is 1. The lowest BCUT2D eigenvalue weighted by Crippen LogP contribution is -2.36. The fraction of sp³-hybridized carbons (Fsp3) is 0.381. The van der Waals surface area contributed by atoms with Gasteiger partial charge >= 0.3 is 0 Å². The second-order valence-corrected chi connectivity index (χ2v) is 7.13. The number of para-hydroxylation sites is 1. The van der Waals surface area contributed by atoms with Crippen LogP contribution in [-0.4, -0.2) is 39.4 Å². The van der Waals surface area contributed by atoms with Crippen LogP contribution in [0.15, 0.2) is 48.8 Å². The number of benzene rings is 1. The van der Waals surface area contributed by atoms with E-state index in [4.69, 9.17) is 9.72 Å². The number of nitrogens with zero attached hydrogens (tertiary/aromatic N) is 5. The molecule has 6 heteroatoms. The summed E-state index contributed by atoms with van der Waals surface area (Å²) in [5.41, 5.74) is 2.05. The van der Waals surface area contributed by atoms with Gasteiger partial charge in [-0.25, -0.2) is 9.67 Å². The molecular weight excluding hydrogens is 338 g/mol. The van der Waals surface area contributed by atoms with Crippen LogP contribution in [0.4, 0.5) is 5.82 Å². The van der Waals surface area contributed by atoms with E-state index in [-0.39, 0.29) is 0 Å². The van der Waals surface area contributed by atoms with E-state index in [9.17, 15) is 0 Å². The van der Waals surface area contributed by atoms with Crippen LogP contribution in [0.25, 0.3) is 5.82 Å². The fourth-order valence-corrected chi connectivity index (χ4v) is 3.52. The van der Waals surface area contributed by atoms with E-state index in [0.717, 1.165) is 61.3 Å². The molecule has 0 spiro atoms. The lowest BCUT2D eigenvalue weighted by atomic mass is 9.98. The Hall–Kier alpha value is -2.89. The molecule has 4 rings (SSSR count). The predicted molar refractivity (Wildman–Crippen MR) is 106 cm³/mol. The van der Waals surface area contributed by atoms with Crippen LogP contribution in [0.3, 0.4) is 0 Å². The van der Waals surface area contributed by atoms with Gasteiger partial charge in [-0.15, -0.1) is 0 Å². The van der Waals surface area contributed by atoms with Gasteiger partial charge in [0.1, 0.15) is 11.6 Å². The minimum Gasteiger partial charge on any atom is -0.493 e. The molecular formula is C21H25N5O. The molecule has 0 atom stereocenters. The van der Waals surface area contributed by atoms with Gasteiger partial charge in [0.05, 0.1) is 24.7 Å². The monoisotopic (exact) mass is 363 g/mol. The second kappa shape index (κ2) is 7.78. The lowest BCUT2D eigenvalue weighted by Gasteiger charge is -2.32. The summed E-state index contributed by atoms with van der Waals surface area (Å²) in [4.78, 5) is 11.5. The third-order valence-corrected chi connectivity index (χ3v) is 5.00. The molecule has 0 unspecified atom stereocenters. The molecule has 140 valence electrons. The highest BCUT2D eigenvalue weighted by atomic mass is 16.5. The van der Waals surface area contributed by atoms with Crippen molar-refractivity contribution in [3.8, 4) is 11.6 Å². The van der Waals surface area contributed by atoms with Crippen LogP contribution >= 0.6 is 0 Å². The normalized spacial score (nSPS) is 15.1. The van der Waals surface area contributed by atoms with E-state index in [0.29, 0.717) is 5.92 Å². The van der Waals surface area contributed by atoms with Gasteiger partial charge in [-0.3, -0.25) is 4.98 Å². The SMILES string of the molecule is Cc1cc(C)n(-c2cncc(N3CCC(COc4ccccc4)CC3)n2)n1. The first kappa shape index (κ1) is 17.5. The summed E-state index contributed by atoms with van der Waals surface area (Å²) in [7, 11) is 0. The summed E-state index contributed by atoms with van der Waals surface area (Å²) in [5.74, 6) is 3.21. The fourth-order valence-electron chi connectivity index (χ4n) is 3.52. The van der Waals surface area contributed by atoms with Crippen LogP contribution < -0.4 is 9.64 Å². The van der Waals surface area contributed by atoms with Crippen molar-refractivity contribution in [1.82, 2.24) is 19.7 Å². The van der Waals surface area contributed by atoms with Gasteiger partial charge in [0.2, 0.25) is 0 Å². The number of piperidine rings is 1. The molecule has 2 aromatic heterocycles. The van der Waals surface area contributed by atoms with Crippen molar-refractivity contribution < 1.29 is 4.74 Å². The van der Waals surface area contributed by atoms with Crippen LogP contribution in [0.1, 0.15) is 24.2 Å². The average molecular weight is 363 g/mol. The minimum absolute atomic E-state index is 0.577. The van der Waals surface area contributed by atoms with Crippen molar-refractivity contribution >= 4 is 5.82 Å². The van der Waals surface area contributed by atoms with Crippen LogP contribution in [0.5, 0.6) is 5.75 Å². The lowest BCUT2D eigenvalue weighted by molar-refractivity contribution is 0.222. The third kappa shape index (κ3) is 4.10. The van der Waals surface area contributed by atoms with Crippen molar-refractivity contribution in [2.75, 3.05) is 24.6 Å². The van der Waals surface area contributed by atoms with Crippen molar-refractivity contribution in [2.24, 2.45) is 5.92 Å². The quantitative estimate of drug-likeness (QED) is 0.694. The molecule has 1 aromatic carbocycles. The van der Waals surface area contributed by atoms with Gasteiger partial charge in [-0.2, -0.15) is 5.10 Å². The molecule has 0 bridgehead atoms. The Morgan fingerprint density at radius 3 is 2.48 bits per heavy atom. The zero-order chi connectivity index (χ0) is 18.6. The summed E-state index contributed by atoms with van der Waals surface area (Å²) in [6.45, 7) is 6.74. The smallest absolute Gasteiger partial charge is 0.174 e. The van der Waals surface area contributed by atoms with Crippen LogP contribution in [0.2, 0.25) is 0 Å². The van der Waals surface area contributed by atoms with Gasteiger partial charge in [-0.05, 0) is 50.8 Å². The molecule has 0 amide bonds. The standard InChI is InChI=1S/C21H25N5O/c1-16-12-17(2)26(24-16)21-14-22-13-20(23-21)25-10-8-18(9-11-25)15-27-19-6-4-3-5-7-19/h3-7,12-14,18H,8-11,15H2,1-2H3. The molecule has 0 saturated carbocycles. The number of anilines is 1. The first-order valence-electron chi connectivity index (χ1n) is 9.47. The number of hydrogen-bond donors (Lipinski definition) is 0. The maximum absolute atomic E-state index is 5.92. The Morgan fingerprint density at radius 1 is 1.04 bits per heavy atom. The van der Waals surface area contributed by atoms with Gasteiger partial charge in [0.25, 0.3) is 0 Å². The first-order chi connectivity index (χ1) is 13.2. The maximum atomic E-state index is 5.92. The summed E-state index contributed by atoms with van der Waals surface area (Å²) in [6, 6.07) is 12.1. The zero-order valence-electron chi connectivity index (χ0n) is 15.9. The topological polar surface area (TPSA) is 56.1 Å². The molecule has 0 aliphatic carbocycles. The van der Waals surface area contributed by atoms with Crippen molar-refractivity contribution in [2.45, 2.75) is 26.7 Å². The number of aromatic nitrogens is 4. The molecule has 1 fully saturated rings. The minimum atomic E-state index is 0.577. The first-order valence-corrected chi connectivity index (χ1v) is 9.47. The van der Waals surface area contributed by atoms with Gasteiger partial charge in [0, 0.05) is 18.8 Å². The third-order valence-electron chi connectivity index (χ3n) is 5.00. The van der Waals surface area contributed by atoms with Crippen molar-refractivity contribution in [1.29, 1.82) is 0 Å². The predicted octanol–water partition coefficient (Wildman–Crippen LogP) is 3.57. The Labute approximate surface area is 159 Å². The Kier molecular flexibility index (Phi) is 5.05. The van der Waals surface area contributed by atoms with Gasteiger partial charge < -0.3 is 9.64 Å². The van der Waals surface area contributed by atoms with E-state index in [1.165, 1.54) is 0 Å². The summed E-state index contributed by atoms with van der Waals surface area (Å²) >= 11 is 0. The highest BCUT2D eigenvalue weighted by Crippen LogP contribution is 2.23. The Balaban J connectivity index is 1.37. The molecule has 1 aliphatic heterocycles. The number of hydrogen-bond acceptors (Lipinski definition) is 5. The average Bonchev–Trinajstić information content (AvgIpc) is 3.06. The molecule has 0 radical (unpaired) electrons. The Bertz CT molecular complexity index is 885. The number of rotatable bonds is 5. The zero-order valence-corrected chi connectivity index (χ0v) is 15.9. The van der Waals surface area contributed by atoms with E-state index in [1.54, 1.807) is 6.20 Å². The van der Waals surface area contributed by atoms with Crippen LogP contribution in [0, 0.1) is 19.8 Å². The molecule has 3 aromatic rings. The van der Waals surface area contributed by atoms with Crippen LogP contribution in [-0.2, 0) is 0 Å². The van der Waals surface area contributed by atoms with Crippen molar-refractivity contribution in [3.05, 3.63) is 60.2 Å². The van der Waals surface area contributed by atoms with Crippen molar-refractivity contribution in [3.63, 3.8) is 0 Å². The molecule has 6 nitrogen and oxygen atoms in total. The maximum Gasteiger partial charge on any atom is 0.174 e. The summed E-state index contributed by atoms with van der Waals surface area (Å²) in [5, 5.41) is 4.51. The van der Waals surface area contributed by atoms with E-state index in [2.05, 4.69) is 15.0 Å². The molecule has 3 heterocycles. The largest absolute Gasteiger partial charge is 0.493 e. The molecule has 0 N–H and O–H groups in total. The van der Waals surface area contributed by atoms with E-state index >= 15 is 0 Å². The molecule has 1 saturated heterocycles. The summed E-state index contributed by atoms with van der Waals surface area (Å²) < 4.78 is 7.77. The second-order valence-electron chi connectivity index (χ2n) is 7.13. The Morgan fingerprint density at radius 2 is 1.78 bits per heavy atom. The number of aryl methyl sites for hydroxylation is 2. The highest BCUT2D eigenvalue weighted by molar-refractivity contribution is 5.40. The van der Waals surface area contributed by atoms with E-state index in [1.807, 2.05) is 61.1 Å². The highest BCUT2D eigenvalue weighted by Gasteiger charge is 2.21. The molecule has 1 aliphatic rings. The summed E-state index contributed by atoms with van der Waals surface area (Å²) in [6.07, 6.45) is 5.80.